The average molecular weight is 372 g/mol. The fourth-order valence-electron chi connectivity index (χ4n) is 2.50. The van der Waals surface area contributed by atoms with Crippen molar-refractivity contribution in [2.24, 2.45) is 0 Å². The molecule has 116 valence electrons. The SMILES string of the molecule is Cc1ccc(S(=O)(=O)NCCCC2=C(Br)CCCC2)cc1. The molecule has 0 amide bonds. The summed E-state index contributed by atoms with van der Waals surface area (Å²) >= 11 is 3.63. The van der Waals surface area contributed by atoms with Gasteiger partial charge in [-0.05, 0) is 62.1 Å². The molecule has 0 aliphatic heterocycles. The second-order valence-corrected chi connectivity index (χ2v) is 8.25. The van der Waals surface area contributed by atoms with Crippen molar-refractivity contribution in [3.63, 3.8) is 0 Å². The van der Waals surface area contributed by atoms with E-state index in [9.17, 15) is 8.42 Å². The number of aryl methyl sites for hydroxylation is 1. The third-order valence-electron chi connectivity index (χ3n) is 3.79. The van der Waals surface area contributed by atoms with E-state index in [2.05, 4.69) is 20.7 Å². The van der Waals surface area contributed by atoms with Gasteiger partial charge in [-0.2, -0.15) is 0 Å². The predicted octanol–water partition coefficient (Wildman–Crippen LogP) is 4.28. The lowest BCUT2D eigenvalue weighted by Gasteiger charge is -2.16. The van der Waals surface area contributed by atoms with Gasteiger partial charge in [0.1, 0.15) is 0 Å². The van der Waals surface area contributed by atoms with Gasteiger partial charge >= 0.3 is 0 Å². The summed E-state index contributed by atoms with van der Waals surface area (Å²) in [5, 5.41) is 0. The van der Waals surface area contributed by atoms with Gasteiger partial charge in [-0.3, -0.25) is 0 Å². The topological polar surface area (TPSA) is 46.2 Å². The van der Waals surface area contributed by atoms with Crippen molar-refractivity contribution in [1.29, 1.82) is 0 Å². The van der Waals surface area contributed by atoms with Crippen LogP contribution in [-0.4, -0.2) is 15.0 Å². The van der Waals surface area contributed by atoms with Gasteiger partial charge in [0.25, 0.3) is 0 Å². The van der Waals surface area contributed by atoms with Gasteiger partial charge in [-0.15, -0.1) is 0 Å². The first-order chi connectivity index (χ1) is 9.99. The number of benzene rings is 1. The third-order valence-corrected chi connectivity index (χ3v) is 6.22. The van der Waals surface area contributed by atoms with Crippen LogP contribution in [0.25, 0.3) is 0 Å². The number of halogens is 1. The summed E-state index contributed by atoms with van der Waals surface area (Å²) in [6.45, 7) is 2.43. The molecule has 0 atom stereocenters. The Hall–Kier alpha value is -0.650. The van der Waals surface area contributed by atoms with Crippen LogP contribution in [0.15, 0.2) is 39.2 Å². The van der Waals surface area contributed by atoms with Gasteiger partial charge < -0.3 is 0 Å². The average Bonchev–Trinajstić information content (AvgIpc) is 2.46. The summed E-state index contributed by atoms with van der Waals surface area (Å²) in [7, 11) is -3.37. The number of sulfonamides is 1. The Kier molecular flexibility index (Phi) is 6.02. The highest BCUT2D eigenvalue weighted by Crippen LogP contribution is 2.31. The smallest absolute Gasteiger partial charge is 0.211 e. The number of hydrogen-bond acceptors (Lipinski definition) is 2. The zero-order valence-electron chi connectivity index (χ0n) is 12.4. The molecule has 1 aromatic carbocycles. The van der Waals surface area contributed by atoms with Gasteiger partial charge in [-0.1, -0.05) is 39.2 Å². The van der Waals surface area contributed by atoms with E-state index < -0.39 is 10.0 Å². The van der Waals surface area contributed by atoms with Crippen molar-refractivity contribution >= 4 is 26.0 Å². The van der Waals surface area contributed by atoms with Crippen molar-refractivity contribution in [2.45, 2.75) is 50.3 Å². The lowest BCUT2D eigenvalue weighted by Crippen LogP contribution is -2.24. The van der Waals surface area contributed by atoms with Crippen LogP contribution in [0, 0.1) is 6.92 Å². The minimum Gasteiger partial charge on any atom is -0.211 e. The lowest BCUT2D eigenvalue weighted by atomic mass is 9.96. The molecular formula is C16H22BrNO2S. The van der Waals surface area contributed by atoms with E-state index in [1.54, 1.807) is 12.1 Å². The summed E-state index contributed by atoms with van der Waals surface area (Å²) < 4.78 is 28.3. The zero-order valence-corrected chi connectivity index (χ0v) is 14.8. The maximum Gasteiger partial charge on any atom is 0.240 e. The Labute approximate surface area is 136 Å². The summed E-state index contributed by atoms with van der Waals surface area (Å²) in [6.07, 6.45) is 6.59. The van der Waals surface area contributed by atoms with Crippen LogP contribution in [0.3, 0.4) is 0 Å². The Morgan fingerprint density at radius 2 is 1.81 bits per heavy atom. The van der Waals surface area contributed by atoms with E-state index in [1.165, 1.54) is 22.9 Å². The van der Waals surface area contributed by atoms with Gasteiger partial charge in [0.15, 0.2) is 0 Å². The Balaban J connectivity index is 1.84. The lowest BCUT2D eigenvalue weighted by molar-refractivity contribution is 0.577. The predicted molar refractivity (Wildman–Crippen MR) is 90.0 cm³/mol. The van der Waals surface area contributed by atoms with Crippen molar-refractivity contribution in [1.82, 2.24) is 4.72 Å². The van der Waals surface area contributed by atoms with Gasteiger partial charge in [0, 0.05) is 6.54 Å². The molecule has 2 rings (SSSR count). The number of nitrogens with one attached hydrogen (secondary N) is 1. The van der Waals surface area contributed by atoms with E-state index in [0.29, 0.717) is 11.4 Å². The van der Waals surface area contributed by atoms with E-state index in [4.69, 9.17) is 0 Å². The van der Waals surface area contributed by atoms with Gasteiger partial charge in [-0.25, -0.2) is 13.1 Å². The molecule has 0 aromatic heterocycles. The van der Waals surface area contributed by atoms with Gasteiger partial charge in [0.05, 0.1) is 4.90 Å². The maximum atomic E-state index is 12.1. The quantitative estimate of drug-likeness (QED) is 0.758. The first-order valence-corrected chi connectivity index (χ1v) is 9.69. The van der Waals surface area contributed by atoms with Crippen LogP contribution in [0.4, 0.5) is 0 Å². The normalized spacial score (nSPS) is 16.3. The number of allylic oxidation sites excluding steroid dienone is 2. The highest BCUT2D eigenvalue weighted by atomic mass is 79.9. The first-order valence-electron chi connectivity index (χ1n) is 7.42. The van der Waals surface area contributed by atoms with Crippen molar-refractivity contribution in [3.05, 3.63) is 39.9 Å². The zero-order chi connectivity index (χ0) is 15.3. The molecule has 0 saturated heterocycles. The molecule has 0 fully saturated rings. The molecule has 5 heteroatoms. The van der Waals surface area contributed by atoms with E-state index in [0.717, 1.165) is 31.2 Å². The molecule has 3 nitrogen and oxygen atoms in total. The summed E-state index contributed by atoms with van der Waals surface area (Å²) in [4.78, 5) is 0.339. The standard InChI is InChI=1S/C16H22BrNO2S/c1-13-8-10-15(11-9-13)21(19,20)18-12-4-6-14-5-2-3-7-16(14)17/h8-11,18H,2-7,12H2,1H3. The molecule has 1 aliphatic carbocycles. The van der Waals surface area contributed by atoms with Crippen LogP contribution >= 0.6 is 15.9 Å². The molecule has 1 aromatic rings. The second-order valence-electron chi connectivity index (χ2n) is 5.53. The molecule has 0 bridgehead atoms. The molecule has 21 heavy (non-hydrogen) atoms. The maximum absolute atomic E-state index is 12.1. The second kappa shape index (κ2) is 7.56. The molecule has 0 saturated carbocycles. The largest absolute Gasteiger partial charge is 0.240 e. The number of rotatable bonds is 6. The highest BCUT2D eigenvalue weighted by Gasteiger charge is 2.14. The monoisotopic (exact) mass is 371 g/mol. The Morgan fingerprint density at radius 1 is 1.14 bits per heavy atom. The molecule has 1 aliphatic rings. The van der Waals surface area contributed by atoms with Crippen molar-refractivity contribution in [3.8, 4) is 0 Å². The fraction of sp³-hybridized carbons (Fsp3) is 0.500. The number of hydrogen-bond donors (Lipinski definition) is 1. The molecular weight excluding hydrogens is 350 g/mol. The first kappa shape index (κ1) is 16.7. The summed E-state index contributed by atoms with van der Waals surface area (Å²) in [6, 6.07) is 6.94. The van der Waals surface area contributed by atoms with Crippen molar-refractivity contribution in [2.75, 3.05) is 6.54 Å². The summed E-state index contributed by atoms with van der Waals surface area (Å²) in [5.41, 5.74) is 2.51. The highest BCUT2D eigenvalue weighted by molar-refractivity contribution is 9.11. The molecule has 0 unspecified atom stereocenters. The molecule has 0 radical (unpaired) electrons. The summed E-state index contributed by atoms with van der Waals surface area (Å²) in [5.74, 6) is 0. The minimum atomic E-state index is -3.37. The van der Waals surface area contributed by atoms with Crippen LogP contribution < -0.4 is 4.72 Å². The molecule has 0 heterocycles. The van der Waals surface area contributed by atoms with E-state index in [1.807, 2.05) is 19.1 Å². The van der Waals surface area contributed by atoms with Crippen LogP contribution in [-0.2, 0) is 10.0 Å². The Bertz CT molecular complexity index is 606. The minimum absolute atomic E-state index is 0.339. The molecule has 1 N–H and O–H groups in total. The Morgan fingerprint density at radius 3 is 2.48 bits per heavy atom. The van der Waals surface area contributed by atoms with Crippen LogP contribution in [0.2, 0.25) is 0 Å². The van der Waals surface area contributed by atoms with Gasteiger partial charge in [0.2, 0.25) is 10.0 Å². The van der Waals surface area contributed by atoms with Crippen LogP contribution in [0.5, 0.6) is 0 Å². The van der Waals surface area contributed by atoms with Crippen molar-refractivity contribution < 1.29 is 8.42 Å². The third kappa shape index (κ3) is 4.94. The van der Waals surface area contributed by atoms with Crippen LogP contribution in [0.1, 0.15) is 44.1 Å². The van der Waals surface area contributed by atoms with E-state index in [-0.39, 0.29) is 0 Å². The fourth-order valence-corrected chi connectivity index (χ4v) is 4.25. The van der Waals surface area contributed by atoms with E-state index >= 15 is 0 Å². The molecule has 0 spiro atoms.